The van der Waals surface area contributed by atoms with Gasteiger partial charge in [0.15, 0.2) is 11.5 Å². The number of phenolic OH excluding ortho intramolecular Hbond substituents is 2. The van der Waals surface area contributed by atoms with Gasteiger partial charge in [-0.25, -0.2) is 4.79 Å². The first-order valence-corrected chi connectivity index (χ1v) is 8.01. The molecule has 0 spiro atoms. The summed E-state index contributed by atoms with van der Waals surface area (Å²) in [6, 6.07) is 11.6. The molecule has 0 fully saturated rings. The van der Waals surface area contributed by atoms with Crippen molar-refractivity contribution < 1.29 is 24.9 Å². The second-order valence-electron chi connectivity index (χ2n) is 5.97. The molecule has 0 heterocycles. The van der Waals surface area contributed by atoms with E-state index < -0.39 is 6.10 Å². The van der Waals surface area contributed by atoms with E-state index in [1.165, 1.54) is 19.2 Å². The Labute approximate surface area is 146 Å². The number of hydrogen-bond donors (Lipinski definition) is 4. The zero-order valence-electron chi connectivity index (χ0n) is 14.3. The highest BCUT2D eigenvalue weighted by atomic mass is 16.5. The molecule has 4 N–H and O–H groups in total. The molecule has 0 amide bonds. The minimum atomic E-state index is -0.796. The number of aliphatic hydroxyl groups excluding tert-OH is 1. The number of ether oxygens (including phenoxy) is 1. The van der Waals surface area contributed by atoms with Crippen molar-refractivity contribution in [3.8, 4) is 11.5 Å². The average Bonchev–Trinajstić information content (AvgIpc) is 2.62. The maximum atomic E-state index is 11.4. The Bertz CT molecular complexity index is 714. The van der Waals surface area contributed by atoms with Crippen molar-refractivity contribution >= 4 is 5.97 Å². The van der Waals surface area contributed by atoms with Crippen molar-refractivity contribution in [1.29, 1.82) is 0 Å². The number of benzene rings is 2. The molecule has 2 aromatic rings. The highest BCUT2D eigenvalue weighted by Gasteiger charge is 2.12. The summed E-state index contributed by atoms with van der Waals surface area (Å²) >= 11 is 0. The molecule has 2 aromatic carbocycles. The number of carbonyl (C=O) groups excluding carboxylic acids is 1. The second kappa shape index (κ2) is 8.50. The number of hydrogen-bond acceptors (Lipinski definition) is 6. The van der Waals surface area contributed by atoms with Gasteiger partial charge in [-0.2, -0.15) is 0 Å². The number of nitrogens with one attached hydrogen (secondary N) is 1. The average molecular weight is 345 g/mol. The van der Waals surface area contributed by atoms with Gasteiger partial charge in [-0.3, -0.25) is 0 Å². The van der Waals surface area contributed by atoms with Crippen molar-refractivity contribution in [2.45, 2.75) is 25.5 Å². The van der Waals surface area contributed by atoms with Crippen LogP contribution in [0.2, 0.25) is 0 Å². The molecule has 0 saturated heterocycles. The molecule has 134 valence electrons. The summed E-state index contributed by atoms with van der Waals surface area (Å²) in [6.07, 6.45) is -0.0645. The van der Waals surface area contributed by atoms with Crippen molar-refractivity contribution in [3.05, 3.63) is 59.2 Å². The third kappa shape index (κ3) is 5.20. The maximum Gasteiger partial charge on any atom is 0.337 e. The Morgan fingerprint density at radius 1 is 1.12 bits per heavy atom. The zero-order valence-corrected chi connectivity index (χ0v) is 14.3. The SMILES string of the molecule is COC(=O)c1ccc(CC(C)NCC(O)c2ccc(O)c(O)c2)cc1. The van der Waals surface area contributed by atoms with Crippen molar-refractivity contribution in [1.82, 2.24) is 5.32 Å². The van der Waals surface area contributed by atoms with Crippen LogP contribution in [-0.4, -0.2) is 41.0 Å². The van der Waals surface area contributed by atoms with Gasteiger partial charge < -0.3 is 25.4 Å². The Morgan fingerprint density at radius 2 is 1.80 bits per heavy atom. The van der Waals surface area contributed by atoms with Gasteiger partial charge in [-0.1, -0.05) is 18.2 Å². The topological polar surface area (TPSA) is 99.0 Å². The van der Waals surface area contributed by atoms with Crippen molar-refractivity contribution in [2.75, 3.05) is 13.7 Å². The molecule has 0 aliphatic carbocycles. The van der Waals surface area contributed by atoms with Crippen LogP contribution in [0.3, 0.4) is 0 Å². The zero-order chi connectivity index (χ0) is 18.4. The highest BCUT2D eigenvalue weighted by molar-refractivity contribution is 5.89. The first-order valence-electron chi connectivity index (χ1n) is 8.01. The lowest BCUT2D eigenvalue weighted by Crippen LogP contribution is -2.32. The largest absolute Gasteiger partial charge is 0.504 e. The molecular formula is C19H23NO5. The molecule has 6 nitrogen and oxygen atoms in total. The lowest BCUT2D eigenvalue weighted by molar-refractivity contribution is 0.0600. The number of aromatic hydroxyl groups is 2. The van der Waals surface area contributed by atoms with Crippen molar-refractivity contribution in [2.24, 2.45) is 0 Å². The van der Waals surface area contributed by atoms with E-state index in [1.807, 2.05) is 19.1 Å². The molecule has 2 unspecified atom stereocenters. The van der Waals surface area contributed by atoms with E-state index in [-0.39, 0.29) is 23.5 Å². The summed E-state index contributed by atoms with van der Waals surface area (Å²) < 4.78 is 4.67. The Kier molecular flexibility index (Phi) is 6.38. The smallest absolute Gasteiger partial charge is 0.337 e. The number of rotatable bonds is 7. The summed E-state index contributed by atoms with van der Waals surface area (Å²) in [5.74, 6) is -0.832. The monoisotopic (exact) mass is 345 g/mol. The maximum absolute atomic E-state index is 11.4. The van der Waals surface area contributed by atoms with E-state index in [4.69, 9.17) is 0 Å². The molecule has 0 aliphatic heterocycles. The Hall–Kier alpha value is -2.57. The van der Waals surface area contributed by atoms with E-state index in [0.29, 0.717) is 17.7 Å². The van der Waals surface area contributed by atoms with Gasteiger partial charge in [0.25, 0.3) is 0 Å². The Balaban J connectivity index is 1.86. The number of methoxy groups -OCH3 is 1. The number of esters is 1. The predicted octanol–water partition coefficient (Wildman–Crippen LogP) is 2.14. The minimum absolute atomic E-state index is 0.101. The molecule has 0 bridgehead atoms. The lowest BCUT2D eigenvalue weighted by Gasteiger charge is -2.18. The lowest BCUT2D eigenvalue weighted by atomic mass is 10.0. The quantitative estimate of drug-likeness (QED) is 0.453. The highest BCUT2D eigenvalue weighted by Crippen LogP contribution is 2.27. The Morgan fingerprint density at radius 3 is 2.40 bits per heavy atom. The fraction of sp³-hybridized carbons (Fsp3) is 0.316. The fourth-order valence-electron chi connectivity index (χ4n) is 2.50. The third-order valence-corrected chi connectivity index (χ3v) is 3.96. The van der Waals surface area contributed by atoms with Crippen LogP contribution < -0.4 is 5.32 Å². The third-order valence-electron chi connectivity index (χ3n) is 3.96. The number of aliphatic hydroxyl groups is 1. The van der Waals surface area contributed by atoms with E-state index in [9.17, 15) is 20.1 Å². The van der Waals surface area contributed by atoms with E-state index in [2.05, 4.69) is 10.1 Å². The van der Waals surface area contributed by atoms with Crippen LogP contribution in [0.5, 0.6) is 11.5 Å². The summed E-state index contributed by atoms with van der Waals surface area (Å²) in [4.78, 5) is 11.4. The van der Waals surface area contributed by atoms with Crippen LogP contribution in [0.25, 0.3) is 0 Å². The summed E-state index contributed by atoms with van der Waals surface area (Å²) in [5, 5.41) is 32.2. The number of carbonyl (C=O) groups is 1. The van der Waals surface area contributed by atoms with E-state index >= 15 is 0 Å². The van der Waals surface area contributed by atoms with Gasteiger partial charge in [-0.15, -0.1) is 0 Å². The fourth-order valence-corrected chi connectivity index (χ4v) is 2.50. The van der Waals surface area contributed by atoms with Gasteiger partial charge in [0.1, 0.15) is 0 Å². The first-order chi connectivity index (χ1) is 11.9. The van der Waals surface area contributed by atoms with Gasteiger partial charge in [0.2, 0.25) is 0 Å². The summed E-state index contributed by atoms with van der Waals surface area (Å²) in [5.41, 5.74) is 2.09. The van der Waals surface area contributed by atoms with E-state index in [0.717, 1.165) is 12.0 Å². The molecule has 6 heteroatoms. The number of phenols is 2. The molecule has 2 atom stereocenters. The van der Waals surface area contributed by atoms with Crippen LogP contribution in [0.1, 0.15) is 34.5 Å². The van der Waals surface area contributed by atoms with Crippen LogP contribution in [0, 0.1) is 0 Å². The summed E-state index contributed by atoms with van der Waals surface area (Å²) in [7, 11) is 1.35. The van der Waals surface area contributed by atoms with Gasteiger partial charge in [-0.05, 0) is 48.7 Å². The molecule has 25 heavy (non-hydrogen) atoms. The molecule has 0 saturated carbocycles. The normalized spacial score (nSPS) is 13.2. The standard InChI is InChI=1S/C19H23NO5/c1-12(9-13-3-5-14(6-4-13)19(24)25-2)20-11-18(23)15-7-8-16(21)17(22)10-15/h3-8,10,12,18,20-23H,9,11H2,1-2H3. The van der Waals surface area contributed by atoms with Crippen LogP contribution in [0.15, 0.2) is 42.5 Å². The predicted molar refractivity (Wildman–Crippen MR) is 93.7 cm³/mol. The van der Waals surface area contributed by atoms with Gasteiger partial charge in [0, 0.05) is 12.6 Å². The molecule has 0 radical (unpaired) electrons. The molecule has 2 rings (SSSR count). The minimum Gasteiger partial charge on any atom is -0.504 e. The molecule has 0 aromatic heterocycles. The molecular weight excluding hydrogens is 322 g/mol. The van der Waals surface area contributed by atoms with Crippen LogP contribution >= 0.6 is 0 Å². The first kappa shape index (κ1) is 18.8. The van der Waals surface area contributed by atoms with Gasteiger partial charge >= 0.3 is 5.97 Å². The van der Waals surface area contributed by atoms with Crippen molar-refractivity contribution in [3.63, 3.8) is 0 Å². The van der Waals surface area contributed by atoms with Gasteiger partial charge in [0.05, 0.1) is 18.8 Å². The van der Waals surface area contributed by atoms with Crippen LogP contribution in [-0.2, 0) is 11.2 Å². The van der Waals surface area contributed by atoms with E-state index in [1.54, 1.807) is 18.2 Å². The summed E-state index contributed by atoms with van der Waals surface area (Å²) in [6.45, 7) is 2.31. The molecule has 0 aliphatic rings. The van der Waals surface area contributed by atoms with Crippen LogP contribution in [0.4, 0.5) is 0 Å². The second-order valence-corrected chi connectivity index (χ2v) is 5.97.